The lowest BCUT2D eigenvalue weighted by Gasteiger charge is -2.23. The Balaban J connectivity index is 2.12. The minimum atomic E-state index is 0.460. The van der Waals surface area contributed by atoms with E-state index in [1.807, 2.05) is 7.05 Å². The van der Waals surface area contributed by atoms with Gasteiger partial charge in [-0.05, 0) is 48.7 Å². The van der Waals surface area contributed by atoms with Crippen molar-refractivity contribution in [1.29, 1.82) is 0 Å². The molecule has 1 heterocycles. The van der Waals surface area contributed by atoms with E-state index in [9.17, 15) is 0 Å². The number of hydrogen-bond acceptors (Lipinski definition) is 2. The van der Waals surface area contributed by atoms with E-state index >= 15 is 0 Å². The number of hydrogen-bond donors (Lipinski definition) is 1. The van der Waals surface area contributed by atoms with Crippen LogP contribution in [0.15, 0.2) is 42.5 Å². The maximum absolute atomic E-state index is 3.34. The molecule has 2 heteroatoms. The summed E-state index contributed by atoms with van der Waals surface area (Å²) in [6.45, 7) is 4.41. The number of likely N-dealkylation sites (N-methyl/N-ethyl adjacent to an activating group) is 1. The van der Waals surface area contributed by atoms with Crippen LogP contribution in [-0.4, -0.2) is 32.1 Å². The Hall–Kier alpha value is -1.80. The fraction of sp³-hybridized carbons (Fsp3) is 0.368. The highest BCUT2D eigenvalue weighted by Crippen LogP contribution is 2.34. The number of benzene rings is 2. The van der Waals surface area contributed by atoms with Crippen molar-refractivity contribution < 1.29 is 0 Å². The number of rotatable bonds is 2. The average Bonchev–Trinajstić information content (AvgIpc) is 2.67. The fourth-order valence-electron chi connectivity index (χ4n) is 3.38. The zero-order valence-electron chi connectivity index (χ0n) is 13.2. The molecule has 3 rings (SSSR count). The van der Waals surface area contributed by atoms with Crippen molar-refractivity contribution >= 4 is 5.69 Å². The quantitative estimate of drug-likeness (QED) is 0.903. The molecule has 0 fully saturated rings. The fourth-order valence-corrected chi connectivity index (χ4v) is 3.38. The van der Waals surface area contributed by atoms with Crippen LogP contribution in [0.1, 0.15) is 28.2 Å². The Kier molecular flexibility index (Phi) is 3.98. The molecule has 2 nitrogen and oxygen atoms in total. The van der Waals surface area contributed by atoms with Crippen LogP contribution in [0, 0.1) is 6.92 Å². The molecule has 0 aromatic heterocycles. The van der Waals surface area contributed by atoms with Gasteiger partial charge in [0.1, 0.15) is 0 Å². The molecule has 0 saturated carbocycles. The van der Waals surface area contributed by atoms with Crippen LogP contribution in [0.2, 0.25) is 0 Å². The third kappa shape index (κ3) is 2.81. The molecule has 21 heavy (non-hydrogen) atoms. The third-order valence-corrected chi connectivity index (χ3v) is 4.59. The van der Waals surface area contributed by atoms with Crippen molar-refractivity contribution in [3.63, 3.8) is 0 Å². The first kappa shape index (κ1) is 14.2. The maximum atomic E-state index is 3.34. The first-order valence-electron chi connectivity index (χ1n) is 7.73. The van der Waals surface area contributed by atoms with Crippen molar-refractivity contribution in [2.45, 2.75) is 19.3 Å². The summed E-state index contributed by atoms with van der Waals surface area (Å²) in [6, 6.07) is 15.6. The Morgan fingerprint density at radius 2 is 1.90 bits per heavy atom. The van der Waals surface area contributed by atoms with Gasteiger partial charge in [-0.3, -0.25) is 0 Å². The summed E-state index contributed by atoms with van der Waals surface area (Å²) in [4.78, 5) is 2.45. The van der Waals surface area contributed by atoms with Gasteiger partial charge in [-0.25, -0.2) is 0 Å². The Morgan fingerprint density at radius 1 is 1.14 bits per heavy atom. The van der Waals surface area contributed by atoms with Crippen molar-refractivity contribution in [1.82, 2.24) is 4.90 Å². The highest BCUT2D eigenvalue weighted by Gasteiger charge is 2.23. The van der Waals surface area contributed by atoms with Crippen molar-refractivity contribution in [2.24, 2.45) is 0 Å². The molecule has 0 amide bonds. The first-order chi connectivity index (χ1) is 10.2. The third-order valence-electron chi connectivity index (χ3n) is 4.59. The van der Waals surface area contributed by atoms with E-state index in [0.29, 0.717) is 5.92 Å². The predicted molar refractivity (Wildman–Crippen MR) is 90.2 cm³/mol. The first-order valence-corrected chi connectivity index (χ1v) is 7.73. The van der Waals surface area contributed by atoms with Gasteiger partial charge < -0.3 is 10.2 Å². The van der Waals surface area contributed by atoms with Gasteiger partial charge >= 0.3 is 0 Å². The largest absolute Gasteiger partial charge is 0.388 e. The molecule has 0 aliphatic carbocycles. The Morgan fingerprint density at radius 3 is 2.62 bits per heavy atom. The van der Waals surface area contributed by atoms with Crippen LogP contribution >= 0.6 is 0 Å². The molecule has 0 spiro atoms. The van der Waals surface area contributed by atoms with Crippen molar-refractivity contribution in [2.75, 3.05) is 32.5 Å². The monoisotopic (exact) mass is 280 g/mol. The van der Waals surface area contributed by atoms with Crippen molar-refractivity contribution in [3.05, 3.63) is 64.7 Å². The molecule has 2 aromatic carbocycles. The molecule has 1 atom stereocenters. The van der Waals surface area contributed by atoms with Crippen LogP contribution < -0.4 is 5.32 Å². The van der Waals surface area contributed by atoms with Gasteiger partial charge in [0.15, 0.2) is 0 Å². The zero-order chi connectivity index (χ0) is 14.8. The van der Waals surface area contributed by atoms with E-state index in [1.54, 1.807) is 0 Å². The second-order valence-corrected chi connectivity index (χ2v) is 6.09. The van der Waals surface area contributed by atoms with Gasteiger partial charge in [0.05, 0.1) is 0 Å². The van der Waals surface area contributed by atoms with E-state index < -0.39 is 0 Å². The second kappa shape index (κ2) is 5.90. The summed E-state index contributed by atoms with van der Waals surface area (Å²) in [5, 5.41) is 3.34. The molecule has 0 saturated heterocycles. The lowest BCUT2D eigenvalue weighted by molar-refractivity contribution is 0.338. The molecule has 0 bridgehead atoms. The maximum Gasteiger partial charge on any atom is 0.0370 e. The topological polar surface area (TPSA) is 15.3 Å². The van der Waals surface area contributed by atoms with Crippen molar-refractivity contribution in [3.8, 4) is 0 Å². The van der Waals surface area contributed by atoms with Crippen LogP contribution in [-0.2, 0) is 6.42 Å². The van der Waals surface area contributed by atoms with Gasteiger partial charge in [0.25, 0.3) is 0 Å². The van der Waals surface area contributed by atoms with Crippen LogP contribution in [0.4, 0.5) is 5.69 Å². The lowest BCUT2D eigenvalue weighted by Crippen LogP contribution is -2.24. The van der Waals surface area contributed by atoms with Gasteiger partial charge in [-0.15, -0.1) is 0 Å². The summed E-state index contributed by atoms with van der Waals surface area (Å²) in [7, 11) is 4.24. The number of anilines is 1. The summed E-state index contributed by atoms with van der Waals surface area (Å²) >= 11 is 0. The molecule has 1 aliphatic heterocycles. The summed E-state index contributed by atoms with van der Waals surface area (Å²) in [5.41, 5.74) is 7.00. The summed E-state index contributed by atoms with van der Waals surface area (Å²) in [6.07, 6.45) is 1.14. The second-order valence-electron chi connectivity index (χ2n) is 6.09. The highest BCUT2D eigenvalue weighted by atomic mass is 15.1. The molecule has 1 aliphatic rings. The van der Waals surface area contributed by atoms with E-state index in [-0.39, 0.29) is 0 Å². The predicted octanol–water partition coefficient (Wildman–Crippen LogP) is 3.66. The molecular weight excluding hydrogens is 256 g/mol. The van der Waals surface area contributed by atoms with E-state index in [0.717, 1.165) is 19.5 Å². The minimum Gasteiger partial charge on any atom is -0.388 e. The number of aryl methyl sites for hydroxylation is 1. The average molecular weight is 280 g/mol. The molecular formula is C19H24N2. The van der Waals surface area contributed by atoms with Gasteiger partial charge in [0.2, 0.25) is 0 Å². The zero-order valence-corrected chi connectivity index (χ0v) is 13.2. The number of nitrogens with zero attached hydrogens (tertiary/aromatic N) is 1. The lowest BCUT2D eigenvalue weighted by atomic mass is 9.86. The smallest absolute Gasteiger partial charge is 0.0370 e. The van der Waals surface area contributed by atoms with Crippen LogP contribution in [0.25, 0.3) is 0 Å². The summed E-state index contributed by atoms with van der Waals surface area (Å²) in [5.74, 6) is 0.460. The normalized spacial score (nSPS) is 18.9. The van der Waals surface area contributed by atoms with Crippen LogP contribution in [0.5, 0.6) is 0 Å². The van der Waals surface area contributed by atoms with Gasteiger partial charge in [-0.2, -0.15) is 0 Å². The van der Waals surface area contributed by atoms with Gasteiger partial charge in [0, 0.05) is 31.7 Å². The molecule has 2 aromatic rings. The summed E-state index contributed by atoms with van der Waals surface area (Å²) < 4.78 is 0. The van der Waals surface area contributed by atoms with Crippen LogP contribution in [0.3, 0.4) is 0 Å². The minimum absolute atomic E-state index is 0.460. The SMILES string of the molecule is CNc1cc2c(cc1C)CCN(C)C[C@@H]2c1ccccc1. The number of fused-ring (bicyclic) bond motifs is 1. The molecule has 110 valence electrons. The Bertz CT molecular complexity index is 619. The van der Waals surface area contributed by atoms with E-state index in [1.165, 1.54) is 27.9 Å². The molecule has 0 radical (unpaired) electrons. The highest BCUT2D eigenvalue weighted by molar-refractivity contribution is 5.57. The van der Waals surface area contributed by atoms with Gasteiger partial charge in [-0.1, -0.05) is 36.4 Å². The van der Waals surface area contributed by atoms with E-state index in [4.69, 9.17) is 0 Å². The number of nitrogens with one attached hydrogen (secondary N) is 1. The van der Waals surface area contributed by atoms with E-state index in [2.05, 4.69) is 66.7 Å². The standard InChI is InChI=1S/C19H24N2/c1-14-11-16-9-10-21(3)13-18(15-7-5-4-6-8-15)17(16)12-19(14)20-2/h4-8,11-12,18,20H,9-10,13H2,1-3H3/t18-/m1/s1. The Labute approximate surface area is 127 Å². The molecule has 1 N–H and O–H groups in total. The molecule has 0 unspecified atom stereocenters.